The Morgan fingerprint density at radius 1 is 1.15 bits per heavy atom. The van der Waals surface area contributed by atoms with Crippen LogP contribution in [-0.2, 0) is 11.3 Å². The average molecular weight is 355 g/mol. The Bertz CT molecular complexity index is 957. The minimum atomic E-state index is -0.365. The van der Waals surface area contributed by atoms with Gasteiger partial charge in [-0.05, 0) is 35.7 Å². The fraction of sp³-hybridized carbons (Fsp3) is 0.300. The SMILES string of the molecule is CC(C)C(C(=O)NCCn1c(=O)[nH]c2ccccc21)c1ccc(F)cc1. The third-order valence-corrected chi connectivity index (χ3v) is 4.49. The van der Waals surface area contributed by atoms with Crippen molar-refractivity contribution in [2.24, 2.45) is 5.92 Å². The summed E-state index contributed by atoms with van der Waals surface area (Å²) in [6.45, 7) is 4.63. The van der Waals surface area contributed by atoms with Gasteiger partial charge in [-0.2, -0.15) is 0 Å². The van der Waals surface area contributed by atoms with Crippen LogP contribution in [-0.4, -0.2) is 22.0 Å². The van der Waals surface area contributed by atoms with Crippen LogP contribution >= 0.6 is 0 Å². The summed E-state index contributed by atoms with van der Waals surface area (Å²) in [7, 11) is 0. The number of H-pyrrole nitrogens is 1. The van der Waals surface area contributed by atoms with Crippen LogP contribution in [0.2, 0.25) is 0 Å². The van der Waals surface area contributed by atoms with E-state index in [4.69, 9.17) is 0 Å². The summed E-state index contributed by atoms with van der Waals surface area (Å²) >= 11 is 0. The zero-order valence-corrected chi connectivity index (χ0v) is 14.8. The lowest BCUT2D eigenvalue weighted by molar-refractivity contribution is -0.123. The molecule has 1 amide bonds. The van der Waals surface area contributed by atoms with Crippen molar-refractivity contribution in [2.45, 2.75) is 26.3 Å². The molecule has 1 atom stereocenters. The number of imidazole rings is 1. The number of hydrogen-bond donors (Lipinski definition) is 2. The topological polar surface area (TPSA) is 66.9 Å². The minimum Gasteiger partial charge on any atom is -0.354 e. The molecule has 0 fully saturated rings. The first-order chi connectivity index (χ1) is 12.5. The van der Waals surface area contributed by atoms with E-state index in [1.165, 1.54) is 12.1 Å². The first-order valence-electron chi connectivity index (χ1n) is 8.68. The van der Waals surface area contributed by atoms with Gasteiger partial charge in [0.05, 0.1) is 17.0 Å². The predicted molar refractivity (Wildman–Crippen MR) is 99.5 cm³/mol. The molecule has 1 aromatic heterocycles. The van der Waals surface area contributed by atoms with Crippen molar-refractivity contribution in [2.75, 3.05) is 6.54 Å². The van der Waals surface area contributed by atoms with Gasteiger partial charge in [0.15, 0.2) is 0 Å². The zero-order valence-electron chi connectivity index (χ0n) is 14.8. The number of amides is 1. The molecule has 3 aromatic rings. The second-order valence-corrected chi connectivity index (χ2v) is 6.66. The molecule has 2 N–H and O–H groups in total. The van der Waals surface area contributed by atoms with Crippen molar-refractivity contribution in [1.82, 2.24) is 14.9 Å². The van der Waals surface area contributed by atoms with E-state index in [-0.39, 0.29) is 29.2 Å². The first kappa shape index (κ1) is 17.9. The third kappa shape index (κ3) is 3.69. The zero-order chi connectivity index (χ0) is 18.7. The van der Waals surface area contributed by atoms with Gasteiger partial charge >= 0.3 is 5.69 Å². The predicted octanol–water partition coefficient (Wildman–Crippen LogP) is 3.02. The maximum atomic E-state index is 13.1. The number of para-hydroxylation sites is 2. The number of benzene rings is 2. The van der Waals surface area contributed by atoms with Crippen LogP contribution in [0.1, 0.15) is 25.3 Å². The summed E-state index contributed by atoms with van der Waals surface area (Å²) in [5.74, 6) is -0.749. The van der Waals surface area contributed by atoms with Gasteiger partial charge in [0, 0.05) is 13.1 Å². The molecule has 0 spiro atoms. The molecule has 0 radical (unpaired) electrons. The number of carbonyl (C=O) groups is 1. The third-order valence-electron chi connectivity index (χ3n) is 4.49. The average Bonchev–Trinajstić information content (AvgIpc) is 2.92. The summed E-state index contributed by atoms with van der Waals surface area (Å²) in [5.41, 5.74) is 2.17. The van der Waals surface area contributed by atoms with Crippen LogP contribution in [0.15, 0.2) is 53.3 Å². The van der Waals surface area contributed by atoms with Gasteiger partial charge in [-0.15, -0.1) is 0 Å². The summed E-state index contributed by atoms with van der Waals surface area (Å²) < 4.78 is 14.8. The normalized spacial score (nSPS) is 12.5. The monoisotopic (exact) mass is 355 g/mol. The Kier molecular flexibility index (Phi) is 5.21. The number of aromatic nitrogens is 2. The molecule has 1 unspecified atom stereocenters. The molecular formula is C20H22FN3O2. The van der Waals surface area contributed by atoms with Crippen LogP contribution in [0.5, 0.6) is 0 Å². The molecule has 0 bridgehead atoms. The largest absolute Gasteiger partial charge is 0.354 e. The Balaban J connectivity index is 1.69. The number of halogens is 1. The highest BCUT2D eigenvalue weighted by molar-refractivity contribution is 5.84. The van der Waals surface area contributed by atoms with Crippen molar-refractivity contribution in [3.63, 3.8) is 0 Å². The second kappa shape index (κ2) is 7.56. The van der Waals surface area contributed by atoms with Crippen molar-refractivity contribution in [1.29, 1.82) is 0 Å². The van der Waals surface area contributed by atoms with Gasteiger partial charge in [0.1, 0.15) is 5.82 Å². The van der Waals surface area contributed by atoms with E-state index in [2.05, 4.69) is 10.3 Å². The number of aromatic amines is 1. The van der Waals surface area contributed by atoms with Crippen LogP contribution < -0.4 is 11.0 Å². The highest BCUT2D eigenvalue weighted by Gasteiger charge is 2.24. The van der Waals surface area contributed by atoms with E-state index >= 15 is 0 Å². The highest BCUT2D eigenvalue weighted by atomic mass is 19.1. The smallest absolute Gasteiger partial charge is 0.326 e. The number of fused-ring (bicyclic) bond motifs is 1. The molecule has 6 heteroatoms. The number of carbonyl (C=O) groups excluding carboxylic acids is 1. The molecule has 136 valence electrons. The Hall–Kier alpha value is -2.89. The van der Waals surface area contributed by atoms with E-state index in [0.717, 1.165) is 16.6 Å². The molecule has 0 aliphatic rings. The maximum absolute atomic E-state index is 13.1. The van der Waals surface area contributed by atoms with E-state index in [1.807, 2.05) is 38.1 Å². The molecule has 0 saturated carbocycles. The molecule has 0 saturated heterocycles. The molecule has 26 heavy (non-hydrogen) atoms. The summed E-state index contributed by atoms with van der Waals surface area (Å²) in [6, 6.07) is 13.5. The molecule has 2 aromatic carbocycles. The van der Waals surface area contributed by atoms with Crippen LogP contribution in [0.25, 0.3) is 11.0 Å². The van der Waals surface area contributed by atoms with Gasteiger partial charge in [-0.25, -0.2) is 9.18 Å². The summed E-state index contributed by atoms with van der Waals surface area (Å²) in [4.78, 5) is 27.5. The van der Waals surface area contributed by atoms with Crippen molar-refractivity contribution in [3.8, 4) is 0 Å². The second-order valence-electron chi connectivity index (χ2n) is 6.66. The van der Waals surface area contributed by atoms with E-state index in [0.29, 0.717) is 13.1 Å². The Morgan fingerprint density at radius 2 is 1.85 bits per heavy atom. The van der Waals surface area contributed by atoms with Gasteiger partial charge in [-0.3, -0.25) is 9.36 Å². The molecule has 1 heterocycles. The van der Waals surface area contributed by atoms with Crippen molar-refractivity contribution in [3.05, 3.63) is 70.4 Å². The fourth-order valence-electron chi connectivity index (χ4n) is 3.24. The lowest BCUT2D eigenvalue weighted by Crippen LogP contribution is -2.35. The lowest BCUT2D eigenvalue weighted by Gasteiger charge is -2.21. The van der Waals surface area contributed by atoms with E-state index < -0.39 is 0 Å². The van der Waals surface area contributed by atoms with Crippen molar-refractivity contribution >= 4 is 16.9 Å². The maximum Gasteiger partial charge on any atom is 0.326 e. The molecule has 3 rings (SSSR count). The number of nitrogens with one attached hydrogen (secondary N) is 2. The van der Waals surface area contributed by atoms with Crippen LogP contribution in [0.4, 0.5) is 4.39 Å². The fourth-order valence-corrected chi connectivity index (χ4v) is 3.24. The van der Waals surface area contributed by atoms with E-state index in [1.54, 1.807) is 16.7 Å². The van der Waals surface area contributed by atoms with Gasteiger partial charge in [0.2, 0.25) is 5.91 Å². The molecule has 0 aliphatic heterocycles. The number of nitrogens with zero attached hydrogens (tertiary/aromatic N) is 1. The lowest BCUT2D eigenvalue weighted by atomic mass is 9.87. The summed E-state index contributed by atoms with van der Waals surface area (Å²) in [5, 5.41) is 2.90. The molecular weight excluding hydrogens is 333 g/mol. The van der Waals surface area contributed by atoms with Gasteiger partial charge in [0.25, 0.3) is 0 Å². The summed E-state index contributed by atoms with van der Waals surface area (Å²) in [6.07, 6.45) is 0. The first-order valence-corrected chi connectivity index (χ1v) is 8.68. The standard InChI is InChI=1S/C20H22FN3O2/c1-13(2)18(14-7-9-15(21)10-8-14)19(25)22-11-12-24-17-6-4-3-5-16(17)23-20(24)26/h3-10,13,18H,11-12H2,1-2H3,(H,22,25)(H,23,26). The highest BCUT2D eigenvalue weighted by Crippen LogP contribution is 2.24. The quantitative estimate of drug-likeness (QED) is 0.714. The Morgan fingerprint density at radius 3 is 2.54 bits per heavy atom. The number of rotatable bonds is 6. The Labute approximate surface area is 150 Å². The molecule has 5 nitrogen and oxygen atoms in total. The van der Waals surface area contributed by atoms with E-state index in [9.17, 15) is 14.0 Å². The van der Waals surface area contributed by atoms with Gasteiger partial charge < -0.3 is 10.3 Å². The minimum absolute atomic E-state index is 0.0660. The number of hydrogen-bond acceptors (Lipinski definition) is 2. The van der Waals surface area contributed by atoms with Crippen molar-refractivity contribution < 1.29 is 9.18 Å². The van der Waals surface area contributed by atoms with Crippen LogP contribution in [0, 0.1) is 11.7 Å². The van der Waals surface area contributed by atoms with Crippen LogP contribution in [0.3, 0.4) is 0 Å². The molecule has 0 aliphatic carbocycles. The van der Waals surface area contributed by atoms with Gasteiger partial charge in [-0.1, -0.05) is 38.1 Å².